The summed E-state index contributed by atoms with van der Waals surface area (Å²) in [5.41, 5.74) is 0.0527. The Morgan fingerprint density at radius 1 is 1.60 bits per heavy atom. The van der Waals surface area contributed by atoms with Crippen molar-refractivity contribution >= 4 is 11.6 Å². The quantitative estimate of drug-likeness (QED) is 0.632. The van der Waals surface area contributed by atoms with E-state index in [0.717, 1.165) is 0 Å². The van der Waals surface area contributed by atoms with E-state index in [9.17, 15) is 14.9 Å². The summed E-state index contributed by atoms with van der Waals surface area (Å²) in [7, 11) is 1.34. The topological polar surface area (TPSA) is 105 Å². The van der Waals surface area contributed by atoms with Gasteiger partial charge in [0.25, 0.3) is 11.6 Å². The Morgan fingerprint density at radius 2 is 2.30 bits per heavy atom. The van der Waals surface area contributed by atoms with Gasteiger partial charge in [-0.2, -0.15) is 5.26 Å². The van der Waals surface area contributed by atoms with Gasteiger partial charge in [0.05, 0.1) is 36.2 Å². The van der Waals surface area contributed by atoms with Crippen LogP contribution in [0.4, 0.5) is 5.69 Å². The molecule has 0 aliphatic rings. The third-order valence-electron chi connectivity index (χ3n) is 2.81. The minimum Gasteiger partial charge on any atom is -0.496 e. The zero-order valence-electron chi connectivity index (χ0n) is 11.3. The highest BCUT2D eigenvalue weighted by molar-refractivity contribution is 5.97. The van der Waals surface area contributed by atoms with Crippen molar-refractivity contribution < 1.29 is 14.5 Å². The van der Waals surface area contributed by atoms with Gasteiger partial charge in [0.2, 0.25) is 0 Å². The molecule has 1 unspecified atom stereocenters. The van der Waals surface area contributed by atoms with E-state index in [0.29, 0.717) is 6.42 Å². The van der Waals surface area contributed by atoms with E-state index in [1.54, 1.807) is 0 Å². The molecule has 0 bridgehead atoms. The van der Waals surface area contributed by atoms with Gasteiger partial charge in [-0.3, -0.25) is 14.9 Å². The Hall–Kier alpha value is -2.62. The normalized spacial score (nSPS) is 11.2. The number of nitrogens with zero attached hydrogens (tertiary/aromatic N) is 2. The largest absolute Gasteiger partial charge is 0.496 e. The molecule has 0 saturated carbocycles. The van der Waals surface area contributed by atoms with Crippen LogP contribution >= 0.6 is 0 Å². The Labute approximate surface area is 116 Å². The zero-order chi connectivity index (χ0) is 15.1. The number of rotatable bonds is 6. The van der Waals surface area contributed by atoms with E-state index in [-0.39, 0.29) is 29.5 Å². The highest BCUT2D eigenvalue weighted by Crippen LogP contribution is 2.24. The number of methoxy groups -OCH3 is 1. The molecule has 0 heterocycles. The zero-order valence-corrected chi connectivity index (χ0v) is 11.3. The van der Waals surface area contributed by atoms with Gasteiger partial charge < -0.3 is 10.1 Å². The fourth-order valence-corrected chi connectivity index (χ4v) is 1.65. The van der Waals surface area contributed by atoms with Gasteiger partial charge in [-0.25, -0.2) is 0 Å². The molecule has 1 aromatic carbocycles. The van der Waals surface area contributed by atoms with Crippen molar-refractivity contribution in [2.45, 2.75) is 25.8 Å². The molecule has 106 valence electrons. The summed E-state index contributed by atoms with van der Waals surface area (Å²) in [5.74, 6) is -0.289. The van der Waals surface area contributed by atoms with Crippen molar-refractivity contribution in [2.75, 3.05) is 7.11 Å². The molecular formula is C13H15N3O4. The fourth-order valence-electron chi connectivity index (χ4n) is 1.65. The van der Waals surface area contributed by atoms with Crippen LogP contribution in [0, 0.1) is 21.4 Å². The predicted octanol–water partition coefficient (Wildman–Crippen LogP) is 2.03. The lowest BCUT2D eigenvalue weighted by Crippen LogP contribution is -2.34. The number of hydrogen-bond donors (Lipinski definition) is 1. The highest BCUT2D eigenvalue weighted by Gasteiger charge is 2.18. The van der Waals surface area contributed by atoms with Crippen LogP contribution in [-0.4, -0.2) is 24.0 Å². The van der Waals surface area contributed by atoms with Gasteiger partial charge in [0.15, 0.2) is 0 Å². The smallest absolute Gasteiger partial charge is 0.273 e. The summed E-state index contributed by atoms with van der Waals surface area (Å²) in [4.78, 5) is 22.2. The van der Waals surface area contributed by atoms with Crippen LogP contribution in [0.1, 0.15) is 30.1 Å². The van der Waals surface area contributed by atoms with E-state index in [1.807, 2.05) is 13.0 Å². The van der Waals surface area contributed by atoms with E-state index in [4.69, 9.17) is 10.00 Å². The van der Waals surface area contributed by atoms with Gasteiger partial charge in [-0.1, -0.05) is 6.92 Å². The van der Waals surface area contributed by atoms with Crippen molar-refractivity contribution in [3.63, 3.8) is 0 Å². The van der Waals surface area contributed by atoms with Crippen LogP contribution in [-0.2, 0) is 0 Å². The van der Waals surface area contributed by atoms with Gasteiger partial charge in [-0.15, -0.1) is 0 Å². The van der Waals surface area contributed by atoms with Crippen molar-refractivity contribution in [3.8, 4) is 11.8 Å². The van der Waals surface area contributed by atoms with Crippen molar-refractivity contribution in [1.82, 2.24) is 5.32 Å². The maximum atomic E-state index is 12.1. The molecule has 1 atom stereocenters. The van der Waals surface area contributed by atoms with Crippen LogP contribution in [0.3, 0.4) is 0 Å². The van der Waals surface area contributed by atoms with Crippen LogP contribution < -0.4 is 10.1 Å². The first-order chi connectivity index (χ1) is 9.53. The number of nitrogens with one attached hydrogen (secondary N) is 1. The number of hydrogen-bond acceptors (Lipinski definition) is 5. The number of non-ortho nitro benzene ring substituents is 1. The van der Waals surface area contributed by atoms with E-state index in [2.05, 4.69) is 5.32 Å². The lowest BCUT2D eigenvalue weighted by Gasteiger charge is -2.15. The maximum Gasteiger partial charge on any atom is 0.273 e. The SMILES string of the molecule is CCC(CC#N)NC(=O)c1ccc([N+](=O)[O-])cc1OC. The van der Waals surface area contributed by atoms with E-state index < -0.39 is 10.8 Å². The summed E-state index contributed by atoms with van der Waals surface area (Å²) >= 11 is 0. The number of ether oxygens (including phenoxy) is 1. The maximum absolute atomic E-state index is 12.1. The summed E-state index contributed by atoms with van der Waals surface area (Å²) in [6.45, 7) is 1.86. The molecule has 1 rings (SSSR count). The van der Waals surface area contributed by atoms with E-state index >= 15 is 0 Å². The van der Waals surface area contributed by atoms with Crippen LogP contribution in [0.5, 0.6) is 5.75 Å². The number of nitro benzene ring substituents is 1. The number of amides is 1. The second kappa shape index (κ2) is 7.09. The van der Waals surface area contributed by atoms with Gasteiger partial charge in [0, 0.05) is 12.1 Å². The molecule has 1 amide bonds. The summed E-state index contributed by atoms with van der Waals surface area (Å²) in [5, 5.41) is 22.0. The number of benzene rings is 1. The van der Waals surface area contributed by atoms with Crippen molar-refractivity contribution in [1.29, 1.82) is 5.26 Å². The molecule has 7 nitrogen and oxygen atoms in total. The third-order valence-corrected chi connectivity index (χ3v) is 2.81. The Kier molecular flexibility index (Phi) is 5.47. The Bertz CT molecular complexity index is 551. The minimum atomic E-state index is -0.561. The summed E-state index contributed by atoms with van der Waals surface area (Å²) in [6.07, 6.45) is 0.826. The van der Waals surface area contributed by atoms with Crippen LogP contribution in [0.2, 0.25) is 0 Å². The molecular weight excluding hydrogens is 262 g/mol. The standard InChI is InChI=1S/C13H15N3O4/c1-3-9(6-7-14)15-13(17)11-5-4-10(16(18)19)8-12(11)20-2/h4-5,8-9H,3,6H2,1-2H3,(H,15,17). The Morgan fingerprint density at radius 3 is 2.80 bits per heavy atom. The number of carbonyl (C=O) groups excluding carboxylic acids is 1. The summed E-state index contributed by atoms with van der Waals surface area (Å²) in [6, 6.07) is 5.51. The lowest BCUT2D eigenvalue weighted by atomic mass is 10.1. The second-order valence-corrected chi connectivity index (χ2v) is 4.08. The van der Waals surface area contributed by atoms with E-state index in [1.165, 1.54) is 25.3 Å². The molecule has 7 heteroatoms. The first-order valence-corrected chi connectivity index (χ1v) is 6.03. The first-order valence-electron chi connectivity index (χ1n) is 6.03. The Balaban J connectivity index is 2.98. The second-order valence-electron chi connectivity index (χ2n) is 4.08. The predicted molar refractivity (Wildman–Crippen MR) is 71.4 cm³/mol. The number of nitriles is 1. The molecule has 1 aromatic rings. The van der Waals surface area contributed by atoms with Crippen LogP contribution in [0.15, 0.2) is 18.2 Å². The van der Waals surface area contributed by atoms with Gasteiger partial charge in [0.1, 0.15) is 5.75 Å². The monoisotopic (exact) mass is 277 g/mol. The summed E-state index contributed by atoms with van der Waals surface area (Å²) < 4.78 is 5.00. The molecule has 0 radical (unpaired) electrons. The molecule has 0 aromatic heterocycles. The molecule has 0 aliphatic heterocycles. The average Bonchev–Trinajstić information content (AvgIpc) is 2.45. The first kappa shape index (κ1) is 15.4. The number of carbonyl (C=O) groups is 1. The fraction of sp³-hybridized carbons (Fsp3) is 0.385. The van der Waals surface area contributed by atoms with Crippen molar-refractivity contribution in [2.24, 2.45) is 0 Å². The molecule has 0 aliphatic carbocycles. The average molecular weight is 277 g/mol. The van der Waals surface area contributed by atoms with Gasteiger partial charge >= 0.3 is 0 Å². The highest BCUT2D eigenvalue weighted by atomic mass is 16.6. The van der Waals surface area contributed by atoms with Crippen LogP contribution in [0.25, 0.3) is 0 Å². The molecule has 0 fully saturated rings. The molecule has 0 spiro atoms. The van der Waals surface area contributed by atoms with Gasteiger partial charge in [-0.05, 0) is 12.5 Å². The third kappa shape index (κ3) is 3.68. The molecule has 20 heavy (non-hydrogen) atoms. The number of nitro groups is 1. The molecule has 0 saturated heterocycles. The molecule has 1 N–H and O–H groups in total. The van der Waals surface area contributed by atoms with Crippen molar-refractivity contribution in [3.05, 3.63) is 33.9 Å². The lowest BCUT2D eigenvalue weighted by molar-refractivity contribution is -0.384. The minimum absolute atomic E-state index is 0.128.